The van der Waals surface area contributed by atoms with E-state index in [1.165, 1.54) is 26.4 Å². The largest absolute Gasteiger partial charge is 0.512 e. The molecule has 3 rings (SSSR count). The second-order valence-electron chi connectivity index (χ2n) is 5.18. The fourth-order valence-electron chi connectivity index (χ4n) is 2.46. The van der Waals surface area contributed by atoms with Gasteiger partial charge in [-0.15, -0.1) is 0 Å². The Morgan fingerprint density at radius 3 is 2.48 bits per heavy atom. The van der Waals surface area contributed by atoms with E-state index in [1.807, 2.05) is 0 Å². The summed E-state index contributed by atoms with van der Waals surface area (Å²) < 4.78 is 9.75. The van der Waals surface area contributed by atoms with Crippen LogP contribution in [-0.4, -0.2) is 35.6 Å². The van der Waals surface area contributed by atoms with E-state index in [9.17, 15) is 14.7 Å². The predicted molar refractivity (Wildman–Crippen MR) is 89.9 cm³/mol. The van der Waals surface area contributed by atoms with Crippen molar-refractivity contribution in [1.29, 1.82) is 0 Å². The maximum absolute atomic E-state index is 12.2. The van der Waals surface area contributed by atoms with Gasteiger partial charge in [-0.3, -0.25) is 4.79 Å². The molecule has 0 spiro atoms. The van der Waals surface area contributed by atoms with Crippen molar-refractivity contribution in [2.75, 3.05) is 7.11 Å². The molecule has 2 heterocycles. The Labute approximate surface area is 143 Å². The SMILES string of the molecule is COC(=O)/C(C1=NC(=NC(=O)c2ccco2)c2ccccc21)=C(/C)O. The van der Waals surface area contributed by atoms with Gasteiger partial charge in [-0.1, -0.05) is 24.3 Å². The number of methoxy groups -OCH3 is 1. The van der Waals surface area contributed by atoms with Crippen LogP contribution in [0.5, 0.6) is 0 Å². The summed E-state index contributed by atoms with van der Waals surface area (Å²) in [6, 6.07) is 10.0. The monoisotopic (exact) mass is 338 g/mol. The van der Waals surface area contributed by atoms with Crippen LogP contribution in [0.15, 0.2) is 68.4 Å². The fraction of sp³-hybridized carbons (Fsp3) is 0.111. The Kier molecular flexibility index (Phi) is 4.30. The molecule has 0 saturated carbocycles. The molecule has 2 aromatic rings. The molecule has 1 aliphatic heterocycles. The van der Waals surface area contributed by atoms with Crippen LogP contribution < -0.4 is 0 Å². The summed E-state index contributed by atoms with van der Waals surface area (Å²) in [5, 5.41) is 9.89. The lowest BCUT2D eigenvalue weighted by Gasteiger charge is -2.07. The van der Waals surface area contributed by atoms with E-state index in [1.54, 1.807) is 30.3 Å². The number of fused-ring (bicyclic) bond motifs is 1. The van der Waals surface area contributed by atoms with Gasteiger partial charge in [-0.05, 0) is 19.1 Å². The quantitative estimate of drug-likeness (QED) is 0.527. The van der Waals surface area contributed by atoms with Crippen LogP contribution in [0, 0.1) is 0 Å². The van der Waals surface area contributed by atoms with Crippen LogP contribution >= 0.6 is 0 Å². The number of rotatable bonds is 3. The van der Waals surface area contributed by atoms with Crippen molar-refractivity contribution < 1.29 is 23.8 Å². The number of aliphatic imine (C=N–C) groups is 2. The number of furan rings is 1. The molecule has 126 valence electrons. The third kappa shape index (κ3) is 2.99. The molecular formula is C18H14N2O5. The summed E-state index contributed by atoms with van der Waals surface area (Å²) in [5.74, 6) is -1.35. The van der Waals surface area contributed by atoms with E-state index < -0.39 is 11.9 Å². The summed E-state index contributed by atoms with van der Waals surface area (Å²) in [5.41, 5.74) is 1.27. The van der Waals surface area contributed by atoms with Crippen molar-refractivity contribution >= 4 is 23.4 Å². The van der Waals surface area contributed by atoms with Gasteiger partial charge in [0.1, 0.15) is 11.3 Å². The molecule has 7 heteroatoms. The van der Waals surface area contributed by atoms with Crippen LogP contribution in [0.3, 0.4) is 0 Å². The molecule has 0 atom stereocenters. The molecule has 0 unspecified atom stereocenters. The van der Waals surface area contributed by atoms with Crippen LogP contribution in [0.25, 0.3) is 0 Å². The number of aliphatic hydroxyl groups excluding tert-OH is 1. The van der Waals surface area contributed by atoms with Crippen molar-refractivity contribution in [2.24, 2.45) is 9.98 Å². The lowest BCUT2D eigenvalue weighted by molar-refractivity contribution is -0.135. The van der Waals surface area contributed by atoms with E-state index in [2.05, 4.69) is 9.98 Å². The maximum Gasteiger partial charge on any atom is 0.343 e. The molecule has 1 amide bonds. The first-order chi connectivity index (χ1) is 12.0. The second-order valence-corrected chi connectivity index (χ2v) is 5.18. The molecule has 25 heavy (non-hydrogen) atoms. The van der Waals surface area contributed by atoms with Gasteiger partial charge in [0.2, 0.25) is 0 Å². The number of hydrogen-bond acceptors (Lipinski definition) is 5. The molecule has 0 aliphatic carbocycles. The molecule has 1 aromatic carbocycles. The van der Waals surface area contributed by atoms with Crippen molar-refractivity contribution in [2.45, 2.75) is 6.92 Å². The lowest BCUT2D eigenvalue weighted by atomic mass is 9.99. The Morgan fingerprint density at radius 2 is 1.88 bits per heavy atom. The summed E-state index contributed by atoms with van der Waals surface area (Å²) in [6.45, 7) is 1.36. The zero-order chi connectivity index (χ0) is 18.0. The lowest BCUT2D eigenvalue weighted by Crippen LogP contribution is -2.16. The number of allylic oxidation sites excluding steroid dienone is 1. The van der Waals surface area contributed by atoms with Gasteiger partial charge < -0.3 is 14.3 Å². The highest BCUT2D eigenvalue weighted by atomic mass is 16.5. The van der Waals surface area contributed by atoms with Crippen molar-refractivity contribution in [3.8, 4) is 0 Å². The number of ether oxygens (including phenoxy) is 1. The number of carbonyl (C=O) groups is 2. The zero-order valence-corrected chi connectivity index (χ0v) is 13.5. The van der Waals surface area contributed by atoms with E-state index >= 15 is 0 Å². The number of esters is 1. The molecule has 0 saturated heterocycles. The molecule has 7 nitrogen and oxygen atoms in total. The number of amides is 1. The summed E-state index contributed by atoms with van der Waals surface area (Å²) in [7, 11) is 1.21. The number of benzene rings is 1. The smallest absolute Gasteiger partial charge is 0.343 e. The average Bonchev–Trinajstić information content (AvgIpc) is 3.24. The first kappa shape index (κ1) is 16.4. The highest BCUT2D eigenvalue weighted by molar-refractivity contribution is 6.36. The third-order valence-electron chi connectivity index (χ3n) is 3.57. The minimum atomic E-state index is -0.729. The van der Waals surface area contributed by atoms with E-state index in [0.29, 0.717) is 11.1 Å². The number of nitrogens with zero attached hydrogens (tertiary/aromatic N) is 2. The van der Waals surface area contributed by atoms with Crippen LogP contribution in [0.4, 0.5) is 0 Å². The second kappa shape index (κ2) is 6.56. The minimum absolute atomic E-state index is 0.0782. The van der Waals surface area contributed by atoms with Gasteiger partial charge in [-0.2, -0.15) is 4.99 Å². The Balaban J connectivity index is 2.13. The summed E-state index contributed by atoms with van der Waals surface area (Å²) in [4.78, 5) is 32.5. The highest BCUT2D eigenvalue weighted by Crippen LogP contribution is 2.25. The summed E-state index contributed by atoms with van der Waals surface area (Å²) >= 11 is 0. The molecule has 0 radical (unpaired) electrons. The highest BCUT2D eigenvalue weighted by Gasteiger charge is 2.30. The van der Waals surface area contributed by atoms with Gasteiger partial charge in [0.15, 0.2) is 11.6 Å². The molecule has 1 N–H and O–H groups in total. The van der Waals surface area contributed by atoms with E-state index in [-0.39, 0.29) is 28.6 Å². The van der Waals surface area contributed by atoms with Crippen LogP contribution in [0.1, 0.15) is 28.6 Å². The van der Waals surface area contributed by atoms with Crippen molar-refractivity contribution in [1.82, 2.24) is 0 Å². The first-order valence-electron chi connectivity index (χ1n) is 7.36. The standard InChI is InChI=1S/C18H14N2O5/c1-10(21)14(18(23)24-2)15-11-6-3-4-7-12(11)16(19-15)20-17(22)13-8-5-9-25-13/h3-9,21H,1-2H3/b14-10-,20-16?. The Morgan fingerprint density at radius 1 is 1.16 bits per heavy atom. The number of hydrogen-bond donors (Lipinski definition) is 1. The normalized spacial score (nSPS) is 15.4. The zero-order valence-electron chi connectivity index (χ0n) is 13.5. The van der Waals surface area contributed by atoms with Crippen LogP contribution in [0.2, 0.25) is 0 Å². The number of carbonyl (C=O) groups excluding carboxylic acids is 2. The third-order valence-corrected chi connectivity index (χ3v) is 3.57. The van der Waals surface area contributed by atoms with Crippen molar-refractivity contribution in [3.05, 3.63) is 70.9 Å². The van der Waals surface area contributed by atoms with E-state index in [0.717, 1.165) is 0 Å². The van der Waals surface area contributed by atoms with Gasteiger partial charge in [0, 0.05) is 11.1 Å². The molecule has 0 bridgehead atoms. The topological polar surface area (TPSA) is 101 Å². The maximum atomic E-state index is 12.2. The Hall–Kier alpha value is -3.48. The van der Waals surface area contributed by atoms with Crippen LogP contribution in [-0.2, 0) is 9.53 Å². The summed E-state index contributed by atoms with van der Waals surface area (Å²) in [6.07, 6.45) is 1.37. The molecule has 1 aromatic heterocycles. The average molecular weight is 338 g/mol. The first-order valence-corrected chi connectivity index (χ1v) is 7.36. The number of amidine groups is 1. The molecular weight excluding hydrogens is 324 g/mol. The van der Waals surface area contributed by atoms with E-state index in [4.69, 9.17) is 9.15 Å². The van der Waals surface area contributed by atoms with Gasteiger partial charge in [-0.25, -0.2) is 9.79 Å². The van der Waals surface area contributed by atoms with Gasteiger partial charge in [0.25, 0.3) is 0 Å². The fourth-order valence-corrected chi connectivity index (χ4v) is 2.46. The molecule has 0 fully saturated rings. The Bertz CT molecular complexity index is 932. The van der Waals surface area contributed by atoms with Gasteiger partial charge in [0.05, 0.1) is 19.1 Å². The molecule has 1 aliphatic rings. The predicted octanol–water partition coefficient (Wildman–Crippen LogP) is 2.67. The number of aliphatic hydroxyl groups is 1. The minimum Gasteiger partial charge on any atom is -0.512 e. The van der Waals surface area contributed by atoms with Gasteiger partial charge >= 0.3 is 11.9 Å². The van der Waals surface area contributed by atoms with Crippen molar-refractivity contribution in [3.63, 3.8) is 0 Å².